The van der Waals surface area contributed by atoms with Gasteiger partial charge in [0.25, 0.3) is 0 Å². The van der Waals surface area contributed by atoms with E-state index in [1.807, 2.05) is 20.8 Å². The van der Waals surface area contributed by atoms with Crippen molar-refractivity contribution >= 4 is 17.5 Å². The average Bonchev–Trinajstić information content (AvgIpc) is 3.12. The van der Waals surface area contributed by atoms with Crippen LogP contribution in [0.15, 0.2) is 36.4 Å². The highest BCUT2D eigenvalue weighted by Gasteiger charge is 2.29. The molecule has 4 rings (SSSR count). The first-order valence-corrected chi connectivity index (χ1v) is 11.0. The number of ether oxygens (including phenoxy) is 2. The van der Waals surface area contributed by atoms with Gasteiger partial charge >= 0.3 is 6.09 Å². The van der Waals surface area contributed by atoms with Crippen molar-refractivity contribution in [2.75, 3.05) is 23.4 Å². The highest BCUT2D eigenvalue weighted by Crippen LogP contribution is 2.38. The number of aryl methyl sites for hydroxylation is 1. The minimum atomic E-state index is -0.511. The summed E-state index contributed by atoms with van der Waals surface area (Å²) in [6.45, 7) is 10.0. The molecule has 2 aliphatic heterocycles. The van der Waals surface area contributed by atoms with Gasteiger partial charge in [-0.1, -0.05) is 31.2 Å². The standard InChI is InChI=1S/C25H32N2O3/c1-5-17-16-29-22-14-20(11-12-21(17)22)26-15-19-9-6-8-18-10-7-13-27(23(18)19)24(28)30-25(2,3)4/h6,8-9,11-12,14,17,26H,5,7,10,13,15-16H2,1-4H3. The second kappa shape index (κ2) is 8.21. The normalized spacial score (nSPS) is 17.7. The summed E-state index contributed by atoms with van der Waals surface area (Å²) < 4.78 is 11.5. The second-order valence-electron chi connectivity index (χ2n) is 9.18. The van der Waals surface area contributed by atoms with Crippen molar-refractivity contribution < 1.29 is 14.3 Å². The van der Waals surface area contributed by atoms with E-state index in [4.69, 9.17) is 9.47 Å². The topological polar surface area (TPSA) is 50.8 Å². The molecule has 5 nitrogen and oxygen atoms in total. The molecule has 0 fully saturated rings. The van der Waals surface area contributed by atoms with Crippen molar-refractivity contribution in [2.45, 2.75) is 65.0 Å². The molecule has 2 aromatic rings. The van der Waals surface area contributed by atoms with Crippen LogP contribution in [0.1, 0.15) is 63.1 Å². The van der Waals surface area contributed by atoms with Crippen LogP contribution in [0, 0.1) is 0 Å². The molecule has 2 heterocycles. The fourth-order valence-corrected chi connectivity index (χ4v) is 4.30. The Morgan fingerprint density at radius 3 is 2.87 bits per heavy atom. The predicted molar refractivity (Wildman–Crippen MR) is 121 cm³/mol. The van der Waals surface area contributed by atoms with Crippen molar-refractivity contribution in [3.63, 3.8) is 0 Å². The van der Waals surface area contributed by atoms with E-state index in [2.05, 4.69) is 48.6 Å². The van der Waals surface area contributed by atoms with E-state index < -0.39 is 5.60 Å². The zero-order valence-electron chi connectivity index (χ0n) is 18.5. The third kappa shape index (κ3) is 4.25. The van der Waals surface area contributed by atoms with Crippen LogP contribution < -0.4 is 15.0 Å². The van der Waals surface area contributed by atoms with Gasteiger partial charge in [-0.15, -0.1) is 0 Å². The van der Waals surface area contributed by atoms with Gasteiger partial charge in [0.1, 0.15) is 11.4 Å². The Hall–Kier alpha value is -2.69. The maximum Gasteiger partial charge on any atom is 0.414 e. The van der Waals surface area contributed by atoms with E-state index in [-0.39, 0.29) is 6.09 Å². The molecule has 1 amide bonds. The number of amides is 1. The number of carbonyl (C=O) groups is 1. The first kappa shape index (κ1) is 20.6. The molecule has 1 N–H and O–H groups in total. The van der Waals surface area contributed by atoms with E-state index in [9.17, 15) is 4.79 Å². The third-order valence-corrected chi connectivity index (χ3v) is 5.78. The molecule has 1 unspecified atom stereocenters. The number of nitrogens with zero attached hydrogens (tertiary/aromatic N) is 1. The lowest BCUT2D eigenvalue weighted by Crippen LogP contribution is -2.40. The quantitative estimate of drug-likeness (QED) is 0.687. The number of benzene rings is 2. The number of anilines is 2. The van der Waals surface area contributed by atoms with E-state index >= 15 is 0 Å². The summed E-state index contributed by atoms with van der Waals surface area (Å²) in [5.41, 5.74) is 5.12. The van der Waals surface area contributed by atoms with E-state index in [1.54, 1.807) is 4.90 Å². The largest absolute Gasteiger partial charge is 0.493 e. The van der Waals surface area contributed by atoms with Crippen LogP contribution in [0.4, 0.5) is 16.2 Å². The SMILES string of the molecule is CCC1COc2cc(NCc3cccc4c3N(C(=O)OC(C)(C)C)CCC4)ccc21. The molecule has 0 spiro atoms. The molecule has 0 bridgehead atoms. The summed E-state index contributed by atoms with van der Waals surface area (Å²) in [5, 5.41) is 3.52. The van der Waals surface area contributed by atoms with Crippen LogP contribution in [-0.2, 0) is 17.7 Å². The fourth-order valence-electron chi connectivity index (χ4n) is 4.30. The molecule has 0 aliphatic carbocycles. The summed E-state index contributed by atoms with van der Waals surface area (Å²) in [6.07, 6.45) is 2.75. The molecule has 5 heteroatoms. The average molecular weight is 409 g/mol. The van der Waals surface area contributed by atoms with Gasteiger partial charge in [-0.25, -0.2) is 4.79 Å². The maximum atomic E-state index is 12.9. The van der Waals surface area contributed by atoms with Crippen molar-refractivity contribution in [3.8, 4) is 5.75 Å². The van der Waals surface area contributed by atoms with Crippen molar-refractivity contribution in [3.05, 3.63) is 53.1 Å². The zero-order valence-corrected chi connectivity index (χ0v) is 18.5. The van der Waals surface area contributed by atoms with Crippen molar-refractivity contribution in [1.82, 2.24) is 0 Å². The van der Waals surface area contributed by atoms with Crippen molar-refractivity contribution in [1.29, 1.82) is 0 Å². The molecule has 0 aromatic heterocycles. The number of hydrogen-bond donors (Lipinski definition) is 1. The van der Waals surface area contributed by atoms with Crippen LogP contribution in [0.2, 0.25) is 0 Å². The Kier molecular flexibility index (Phi) is 5.63. The van der Waals surface area contributed by atoms with E-state index in [0.717, 1.165) is 48.6 Å². The molecule has 160 valence electrons. The highest BCUT2D eigenvalue weighted by atomic mass is 16.6. The van der Waals surface area contributed by atoms with Gasteiger partial charge in [-0.3, -0.25) is 4.90 Å². The Bertz CT molecular complexity index is 932. The Morgan fingerprint density at radius 2 is 2.10 bits per heavy atom. The molecular weight excluding hydrogens is 376 g/mol. The monoisotopic (exact) mass is 408 g/mol. The summed E-state index contributed by atoms with van der Waals surface area (Å²) in [4.78, 5) is 14.7. The number of rotatable bonds is 4. The lowest BCUT2D eigenvalue weighted by Gasteiger charge is -2.33. The highest BCUT2D eigenvalue weighted by molar-refractivity contribution is 5.90. The number of para-hydroxylation sites is 1. The van der Waals surface area contributed by atoms with Crippen molar-refractivity contribution in [2.24, 2.45) is 0 Å². The summed E-state index contributed by atoms with van der Waals surface area (Å²) in [7, 11) is 0. The third-order valence-electron chi connectivity index (χ3n) is 5.78. The number of fused-ring (bicyclic) bond motifs is 2. The van der Waals surface area contributed by atoms with E-state index in [0.29, 0.717) is 19.0 Å². The van der Waals surface area contributed by atoms with Gasteiger partial charge < -0.3 is 14.8 Å². The smallest absolute Gasteiger partial charge is 0.414 e. The van der Waals surface area contributed by atoms with Crippen LogP contribution in [0.3, 0.4) is 0 Å². The number of nitrogens with one attached hydrogen (secondary N) is 1. The maximum absolute atomic E-state index is 12.9. The Balaban J connectivity index is 1.54. The van der Waals surface area contributed by atoms with Crippen LogP contribution >= 0.6 is 0 Å². The van der Waals surface area contributed by atoms with Gasteiger partial charge in [0.05, 0.1) is 12.3 Å². The minimum Gasteiger partial charge on any atom is -0.493 e. The first-order valence-electron chi connectivity index (χ1n) is 11.0. The summed E-state index contributed by atoms with van der Waals surface area (Å²) in [6, 6.07) is 12.7. The minimum absolute atomic E-state index is 0.271. The Morgan fingerprint density at radius 1 is 1.27 bits per heavy atom. The summed E-state index contributed by atoms with van der Waals surface area (Å²) in [5.74, 6) is 1.48. The van der Waals surface area contributed by atoms with E-state index in [1.165, 1.54) is 11.1 Å². The molecule has 0 saturated heterocycles. The molecule has 1 atom stereocenters. The molecule has 0 saturated carbocycles. The van der Waals surface area contributed by atoms with Gasteiger partial charge in [-0.05, 0) is 57.2 Å². The van der Waals surface area contributed by atoms with Gasteiger partial charge in [0.15, 0.2) is 0 Å². The lowest BCUT2D eigenvalue weighted by atomic mass is 9.97. The molecule has 2 aliphatic rings. The van der Waals surface area contributed by atoms with Crippen LogP contribution in [0.5, 0.6) is 5.75 Å². The molecule has 0 radical (unpaired) electrons. The van der Waals surface area contributed by atoms with Crippen LogP contribution in [0.25, 0.3) is 0 Å². The van der Waals surface area contributed by atoms with Gasteiger partial charge in [0.2, 0.25) is 0 Å². The first-order chi connectivity index (χ1) is 14.4. The lowest BCUT2D eigenvalue weighted by molar-refractivity contribution is 0.0577. The molecule has 2 aromatic carbocycles. The predicted octanol–water partition coefficient (Wildman–Crippen LogP) is 5.87. The zero-order chi connectivity index (χ0) is 21.3. The number of hydrogen-bond acceptors (Lipinski definition) is 4. The van der Waals surface area contributed by atoms with Gasteiger partial charge in [0, 0.05) is 36.3 Å². The fraction of sp³-hybridized carbons (Fsp3) is 0.480. The number of carbonyl (C=O) groups excluding carboxylic acids is 1. The molecular formula is C25H32N2O3. The Labute approximate surface area is 179 Å². The second-order valence-corrected chi connectivity index (χ2v) is 9.18. The van der Waals surface area contributed by atoms with Gasteiger partial charge in [-0.2, -0.15) is 0 Å². The molecule has 30 heavy (non-hydrogen) atoms. The summed E-state index contributed by atoms with van der Waals surface area (Å²) >= 11 is 0. The van der Waals surface area contributed by atoms with Crippen LogP contribution in [-0.4, -0.2) is 24.8 Å².